The molecule has 1 N–H and O–H groups in total. The lowest BCUT2D eigenvalue weighted by Gasteiger charge is -2.30. The van der Waals surface area contributed by atoms with Crippen LogP contribution in [0.2, 0.25) is 10.0 Å². The summed E-state index contributed by atoms with van der Waals surface area (Å²) in [7, 11) is 0. The summed E-state index contributed by atoms with van der Waals surface area (Å²) in [5.74, 6) is 0.665. The van der Waals surface area contributed by atoms with Gasteiger partial charge in [0.1, 0.15) is 5.84 Å². The molecule has 1 aliphatic carbocycles. The van der Waals surface area contributed by atoms with Crippen LogP contribution in [0, 0.1) is 12.8 Å². The molecule has 3 heterocycles. The number of oxime groups is 1. The number of rotatable bonds is 4. The van der Waals surface area contributed by atoms with Crippen molar-refractivity contribution < 1.29 is 22.8 Å². The Hall–Kier alpha value is -1.97. The van der Waals surface area contributed by atoms with Gasteiger partial charge in [-0.25, -0.2) is 0 Å². The van der Waals surface area contributed by atoms with E-state index in [-0.39, 0.29) is 33.4 Å². The van der Waals surface area contributed by atoms with Crippen molar-refractivity contribution in [3.05, 3.63) is 54.7 Å². The maximum Gasteiger partial charge on any atom is 0.435 e. The molecule has 1 aromatic heterocycles. The third kappa shape index (κ3) is 4.05. The number of carbonyl (C=O) groups is 1. The first-order valence-corrected chi connectivity index (χ1v) is 12.5. The van der Waals surface area contributed by atoms with Gasteiger partial charge in [0, 0.05) is 33.1 Å². The topological polar surface area (TPSA) is 53.9 Å². The molecule has 182 valence electrons. The SMILES string of the molecule is Cc1c(C(=O)NC(C)C2CC2)sc2c1CN(C1=NOC(c3cc(Cl)cc(Cl)c3)(C(F)(F)F)C1)C2. The number of halogens is 5. The van der Waals surface area contributed by atoms with E-state index in [1.807, 2.05) is 13.8 Å². The first kappa shape index (κ1) is 23.8. The van der Waals surface area contributed by atoms with E-state index in [9.17, 15) is 18.0 Å². The number of carbonyl (C=O) groups excluding carboxylic acids is 1. The van der Waals surface area contributed by atoms with E-state index >= 15 is 0 Å². The number of alkyl halides is 3. The van der Waals surface area contributed by atoms with Crippen molar-refractivity contribution in [2.45, 2.75) is 64.0 Å². The number of nitrogens with one attached hydrogen (secondary N) is 1. The molecule has 1 amide bonds. The second-order valence-electron chi connectivity index (χ2n) is 9.17. The minimum Gasteiger partial charge on any atom is -0.372 e. The highest BCUT2D eigenvalue weighted by Crippen LogP contribution is 2.50. The van der Waals surface area contributed by atoms with Gasteiger partial charge in [0.25, 0.3) is 11.5 Å². The van der Waals surface area contributed by atoms with Gasteiger partial charge >= 0.3 is 6.18 Å². The Morgan fingerprint density at radius 2 is 1.94 bits per heavy atom. The van der Waals surface area contributed by atoms with Gasteiger partial charge in [-0.05, 0) is 61.9 Å². The van der Waals surface area contributed by atoms with Gasteiger partial charge in [0.2, 0.25) is 0 Å². The van der Waals surface area contributed by atoms with Crippen molar-refractivity contribution in [1.29, 1.82) is 0 Å². The Morgan fingerprint density at radius 3 is 2.53 bits per heavy atom. The zero-order valence-electron chi connectivity index (χ0n) is 18.4. The predicted octanol–water partition coefficient (Wildman–Crippen LogP) is 6.40. The van der Waals surface area contributed by atoms with Crippen LogP contribution in [0.5, 0.6) is 0 Å². The monoisotopic (exact) mass is 531 g/mol. The molecule has 2 unspecified atom stereocenters. The number of nitrogens with zero attached hydrogens (tertiary/aromatic N) is 2. The molecule has 0 bridgehead atoms. The van der Waals surface area contributed by atoms with E-state index in [2.05, 4.69) is 10.5 Å². The van der Waals surface area contributed by atoms with Gasteiger partial charge in [0.15, 0.2) is 0 Å². The molecular formula is C23H22Cl2F3N3O2S. The van der Waals surface area contributed by atoms with Crippen molar-refractivity contribution in [2.24, 2.45) is 11.1 Å². The van der Waals surface area contributed by atoms with Crippen LogP contribution in [0.25, 0.3) is 0 Å². The first-order chi connectivity index (χ1) is 16.0. The maximum absolute atomic E-state index is 14.3. The Kier molecular flexibility index (Phi) is 5.81. The number of amidine groups is 1. The number of hydrogen-bond donors (Lipinski definition) is 1. The quantitative estimate of drug-likeness (QED) is 0.496. The van der Waals surface area contributed by atoms with Crippen LogP contribution < -0.4 is 5.32 Å². The van der Waals surface area contributed by atoms with Gasteiger partial charge in [-0.2, -0.15) is 13.2 Å². The molecule has 0 spiro atoms. The molecule has 5 rings (SSSR count). The fraction of sp³-hybridized carbons (Fsp3) is 0.478. The van der Waals surface area contributed by atoms with Crippen LogP contribution in [0.4, 0.5) is 13.2 Å². The van der Waals surface area contributed by atoms with Crippen molar-refractivity contribution in [1.82, 2.24) is 10.2 Å². The van der Waals surface area contributed by atoms with Gasteiger partial charge in [-0.3, -0.25) is 4.79 Å². The minimum absolute atomic E-state index is 0.0849. The fourth-order valence-electron chi connectivity index (χ4n) is 4.59. The maximum atomic E-state index is 14.3. The van der Waals surface area contributed by atoms with E-state index in [0.29, 0.717) is 23.9 Å². The summed E-state index contributed by atoms with van der Waals surface area (Å²) in [6, 6.07) is 3.92. The second-order valence-corrected chi connectivity index (χ2v) is 11.2. The normalized spacial score (nSPS) is 22.9. The Labute approximate surface area is 208 Å². The van der Waals surface area contributed by atoms with E-state index < -0.39 is 18.2 Å². The highest BCUT2D eigenvalue weighted by Gasteiger charge is 2.63. The van der Waals surface area contributed by atoms with Crippen LogP contribution in [0.3, 0.4) is 0 Å². The Morgan fingerprint density at radius 1 is 1.26 bits per heavy atom. The average molecular weight is 532 g/mol. The molecular weight excluding hydrogens is 510 g/mol. The van der Waals surface area contributed by atoms with E-state index in [1.54, 1.807) is 4.90 Å². The second kappa shape index (κ2) is 8.31. The summed E-state index contributed by atoms with van der Waals surface area (Å²) in [5, 5.41) is 7.10. The molecule has 0 saturated heterocycles. The highest BCUT2D eigenvalue weighted by molar-refractivity contribution is 7.14. The van der Waals surface area contributed by atoms with E-state index in [1.165, 1.54) is 29.5 Å². The summed E-state index contributed by atoms with van der Waals surface area (Å²) in [6.07, 6.45) is -2.95. The van der Waals surface area contributed by atoms with Gasteiger partial charge in [0.05, 0.1) is 17.8 Å². The summed E-state index contributed by atoms with van der Waals surface area (Å²) >= 11 is 13.3. The zero-order chi connectivity index (χ0) is 24.4. The largest absolute Gasteiger partial charge is 0.435 e. The number of amides is 1. The fourth-order valence-corrected chi connectivity index (χ4v) is 6.35. The molecule has 5 nitrogen and oxygen atoms in total. The third-order valence-electron chi connectivity index (χ3n) is 6.80. The molecule has 1 fully saturated rings. The van der Waals surface area contributed by atoms with Crippen LogP contribution in [-0.2, 0) is 23.5 Å². The lowest BCUT2D eigenvalue weighted by atomic mass is 9.89. The molecule has 34 heavy (non-hydrogen) atoms. The van der Waals surface area contributed by atoms with Crippen molar-refractivity contribution >= 4 is 46.3 Å². The highest BCUT2D eigenvalue weighted by atomic mass is 35.5. The Bertz CT molecular complexity index is 1170. The molecule has 3 aliphatic rings. The summed E-state index contributed by atoms with van der Waals surface area (Å²) in [4.78, 5) is 21.3. The third-order valence-corrected chi connectivity index (χ3v) is 8.55. The molecule has 1 saturated carbocycles. The minimum atomic E-state index is -4.74. The molecule has 2 atom stereocenters. The lowest BCUT2D eigenvalue weighted by molar-refractivity contribution is -0.275. The predicted molar refractivity (Wildman–Crippen MR) is 125 cm³/mol. The molecule has 0 radical (unpaired) electrons. The summed E-state index contributed by atoms with van der Waals surface area (Å²) in [6.45, 7) is 4.65. The van der Waals surface area contributed by atoms with Gasteiger partial charge in [-0.15, -0.1) is 11.3 Å². The van der Waals surface area contributed by atoms with Crippen LogP contribution in [0.1, 0.15) is 57.4 Å². The van der Waals surface area contributed by atoms with E-state index in [4.69, 9.17) is 28.0 Å². The lowest BCUT2D eigenvalue weighted by Crippen LogP contribution is -2.43. The van der Waals surface area contributed by atoms with E-state index in [0.717, 1.165) is 28.8 Å². The molecule has 1 aromatic carbocycles. The number of hydrogen-bond acceptors (Lipinski definition) is 5. The van der Waals surface area contributed by atoms with Crippen LogP contribution >= 0.6 is 34.5 Å². The summed E-state index contributed by atoms with van der Waals surface area (Å²) in [5.41, 5.74) is -1.02. The van der Waals surface area contributed by atoms with Crippen LogP contribution in [0.15, 0.2) is 23.4 Å². The van der Waals surface area contributed by atoms with Crippen molar-refractivity contribution in [2.75, 3.05) is 0 Å². The van der Waals surface area contributed by atoms with Crippen molar-refractivity contribution in [3.63, 3.8) is 0 Å². The van der Waals surface area contributed by atoms with Crippen LogP contribution in [-0.4, -0.2) is 28.9 Å². The average Bonchev–Trinajstić information content (AvgIpc) is 3.22. The van der Waals surface area contributed by atoms with Crippen molar-refractivity contribution in [3.8, 4) is 0 Å². The molecule has 11 heteroatoms. The standard InChI is InChI=1S/C23H22Cl2F3N3O2S/c1-11-17-9-31(10-18(17)34-20(11)21(32)29-12(2)13-3-4-13)19-8-22(33-30-19,23(26,27)28)14-5-15(24)7-16(25)6-14/h5-7,12-13H,3-4,8-10H2,1-2H3,(H,29,32). The number of thiophene rings is 1. The van der Waals surface area contributed by atoms with Gasteiger partial charge in [-0.1, -0.05) is 28.4 Å². The summed E-state index contributed by atoms with van der Waals surface area (Å²) < 4.78 is 42.8. The number of benzene rings is 1. The smallest absolute Gasteiger partial charge is 0.372 e. The molecule has 2 aliphatic heterocycles. The zero-order valence-corrected chi connectivity index (χ0v) is 20.8. The molecule has 2 aromatic rings. The number of fused-ring (bicyclic) bond motifs is 1. The van der Waals surface area contributed by atoms with Gasteiger partial charge < -0.3 is 15.1 Å². The Balaban J connectivity index is 1.34. The first-order valence-electron chi connectivity index (χ1n) is 10.9.